The Morgan fingerprint density at radius 1 is 1.45 bits per heavy atom. The molecule has 1 heterocycles. The average Bonchev–Trinajstić information content (AvgIpc) is 2.77. The Balaban J connectivity index is 3.28. The van der Waals surface area contributed by atoms with Crippen LogP contribution >= 0.6 is 0 Å². The van der Waals surface area contributed by atoms with Crippen molar-refractivity contribution in [3.8, 4) is 0 Å². The number of sulfonamides is 1. The number of carboxylic acid groups (broad SMARTS) is 1. The van der Waals surface area contributed by atoms with E-state index in [0.29, 0.717) is 0 Å². The average molecular weight is 305 g/mol. The molecule has 10 heteroatoms. The first kappa shape index (κ1) is 16.1. The number of esters is 1. The number of H-pyrrole nitrogens is 1. The highest BCUT2D eigenvalue weighted by atomic mass is 32.2. The fourth-order valence-electron chi connectivity index (χ4n) is 1.54. The zero-order valence-corrected chi connectivity index (χ0v) is 12.0. The Kier molecular flexibility index (Phi) is 4.84. The summed E-state index contributed by atoms with van der Waals surface area (Å²) >= 11 is 0. The minimum atomic E-state index is -4.20. The van der Waals surface area contributed by atoms with E-state index in [1.165, 1.54) is 13.8 Å². The van der Waals surface area contributed by atoms with Gasteiger partial charge in [0, 0.05) is 12.2 Å². The van der Waals surface area contributed by atoms with Crippen LogP contribution in [0.25, 0.3) is 0 Å². The van der Waals surface area contributed by atoms with Gasteiger partial charge in [0.05, 0.1) is 7.11 Å². The molecule has 20 heavy (non-hydrogen) atoms. The third-order valence-electron chi connectivity index (χ3n) is 2.60. The number of aryl methyl sites for hydroxylation is 1. The molecule has 1 aromatic rings. The number of aromatic carboxylic acids is 1. The van der Waals surface area contributed by atoms with Gasteiger partial charge in [0.2, 0.25) is 5.03 Å². The Labute approximate surface area is 115 Å². The van der Waals surface area contributed by atoms with E-state index >= 15 is 0 Å². The molecule has 0 unspecified atom stereocenters. The lowest BCUT2D eigenvalue weighted by molar-refractivity contribution is -0.140. The number of nitrogens with one attached hydrogen (secondary N) is 1. The molecule has 0 aromatic carbocycles. The van der Waals surface area contributed by atoms with Crippen molar-refractivity contribution in [1.82, 2.24) is 14.5 Å². The molecule has 9 nitrogen and oxygen atoms in total. The van der Waals surface area contributed by atoms with Gasteiger partial charge in [-0.05, 0) is 6.92 Å². The SMILES string of the molecule is CCN(CC(=O)OC)S(=O)(=O)c1n[nH]c(C)c1C(=O)O. The topological polar surface area (TPSA) is 130 Å². The second kappa shape index (κ2) is 6.01. The Bertz CT molecular complexity index is 621. The number of aromatic nitrogens is 2. The van der Waals surface area contributed by atoms with E-state index in [-0.39, 0.29) is 12.2 Å². The Morgan fingerprint density at radius 2 is 2.05 bits per heavy atom. The van der Waals surface area contributed by atoms with Gasteiger partial charge in [-0.15, -0.1) is 0 Å². The second-order valence-corrected chi connectivity index (χ2v) is 5.69. The molecule has 0 amide bonds. The summed E-state index contributed by atoms with van der Waals surface area (Å²) in [4.78, 5) is 22.3. The van der Waals surface area contributed by atoms with E-state index in [4.69, 9.17) is 5.11 Å². The molecular formula is C10H15N3O6S. The first-order valence-corrected chi connectivity index (χ1v) is 7.04. The predicted molar refractivity (Wildman–Crippen MR) is 66.7 cm³/mol. The van der Waals surface area contributed by atoms with Crippen molar-refractivity contribution in [2.24, 2.45) is 0 Å². The van der Waals surface area contributed by atoms with E-state index in [2.05, 4.69) is 14.9 Å². The number of likely N-dealkylation sites (N-methyl/N-ethyl adjacent to an activating group) is 1. The standard InChI is InChI=1S/C10H15N3O6S/c1-4-13(5-7(14)19-3)20(17,18)9-8(10(15)16)6(2)11-12-9/h4-5H2,1-3H3,(H,11,12)(H,15,16). The molecule has 112 valence electrons. The fraction of sp³-hybridized carbons (Fsp3) is 0.500. The molecule has 0 saturated carbocycles. The molecule has 0 radical (unpaired) electrons. The van der Waals surface area contributed by atoms with E-state index in [9.17, 15) is 18.0 Å². The predicted octanol–water partition coefficient (Wildman–Crippen LogP) is -0.400. The van der Waals surface area contributed by atoms with Gasteiger partial charge in [-0.25, -0.2) is 13.2 Å². The molecule has 0 aliphatic carbocycles. The molecule has 0 aliphatic rings. The van der Waals surface area contributed by atoms with Gasteiger partial charge in [0.1, 0.15) is 12.1 Å². The molecule has 0 atom stereocenters. The van der Waals surface area contributed by atoms with Crippen LogP contribution < -0.4 is 0 Å². The number of hydrogen-bond acceptors (Lipinski definition) is 6. The molecular weight excluding hydrogens is 290 g/mol. The summed E-state index contributed by atoms with van der Waals surface area (Å²) in [5.41, 5.74) is -0.321. The van der Waals surface area contributed by atoms with E-state index in [0.717, 1.165) is 11.4 Å². The molecule has 1 aromatic heterocycles. The zero-order chi connectivity index (χ0) is 15.5. The third kappa shape index (κ3) is 2.96. The zero-order valence-electron chi connectivity index (χ0n) is 11.2. The summed E-state index contributed by atoms with van der Waals surface area (Å²) in [6.45, 7) is 2.37. The van der Waals surface area contributed by atoms with Gasteiger partial charge in [-0.3, -0.25) is 9.89 Å². The summed E-state index contributed by atoms with van der Waals surface area (Å²) in [5, 5.41) is 14.3. The number of aromatic amines is 1. The van der Waals surface area contributed by atoms with Crippen LogP contribution in [0.4, 0.5) is 0 Å². The molecule has 0 aliphatic heterocycles. The van der Waals surface area contributed by atoms with Gasteiger partial charge >= 0.3 is 11.9 Å². The van der Waals surface area contributed by atoms with Crippen LogP contribution in [0.15, 0.2) is 5.03 Å². The van der Waals surface area contributed by atoms with Gasteiger partial charge in [0.15, 0.2) is 0 Å². The first-order valence-electron chi connectivity index (χ1n) is 5.60. The number of ether oxygens (including phenoxy) is 1. The maximum absolute atomic E-state index is 12.3. The summed E-state index contributed by atoms with van der Waals surface area (Å²) < 4.78 is 29.9. The van der Waals surface area contributed by atoms with Crippen molar-refractivity contribution in [2.75, 3.05) is 20.2 Å². The molecule has 0 bridgehead atoms. The highest BCUT2D eigenvalue weighted by molar-refractivity contribution is 7.89. The van der Waals surface area contributed by atoms with Crippen LogP contribution in [-0.2, 0) is 19.6 Å². The molecule has 0 saturated heterocycles. The van der Waals surface area contributed by atoms with Crippen LogP contribution in [0.3, 0.4) is 0 Å². The van der Waals surface area contributed by atoms with Crippen molar-refractivity contribution < 1.29 is 27.9 Å². The number of rotatable bonds is 6. The van der Waals surface area contributed by atoms with E-state index < -0.39 is 39.1 Å². The smallest absolute Gasteiger partial charge is 0.340 e. The summed E-state index contributed by atoms with van der Waals surface area (Å²) in [6, 6.07) is 0. The van der Waals surface area contributed by atoms with Crippen LogP contribution in [0, 0.1) is 6.92 Å². The quantitative estimate of drug-likeness (QED) is 0.684. The largest absolute Gasteiger partial charge is 0.478 e. The lowest BCUT2D eigenvalue weighted by atomic mass is 10.3. The minimum Gasteiger partial charge on any atom is -0.478 e. The fourth-order valence-corrected chi connectivity index (χ4v) is 3.06. The van der Waals surface area contributed by atoms with Crippen molar-refractivity contribution in [1.29, 1.82) is 0 Å². The maximum Gasteiger partial charge on any atom is 0.340 e. The summed E-state index contributed by atoms with van der Waals surface area (Å²) in [6.07, 6.45) is 0. The van der Waals surface area contributed by atoms with Crippen molar-refractivity contribution in [2.45, 2.75) is 18.9 Å². The van der Waals surface area contributed by atoms with E-state index in [1.54, 1.807) is 0 Å². The minimum absolute atomic E-state index is 0.0254. The number of carbonyl (C=O) groups excluding carboxylic acids is 1. The lowest BCUT2D eigenvalue weighted by Gasteiger charge is -2.17. The number of hydrogen-bond donors (Lipinski definition) is 2. The monoisotopic (exact) mass is 305 g/mol. The summed E-state index contributed by atoms with van der Waals surface area (Å²) in [7, 11) is -3.07. The van der Waals surface area contributed by atoms with Crippen LogP contribution in [-0.4, -0.2) is 60.2 Å². The van der Waals surface area contributed by atoms with Gasteiger partial charge < -0.3 is 9.84 Å². The molecule has 2 N–H and O–H groups in total. The number of methoxy groups -OCH3 is 1. The van der Waals surface area contributed by atoms with Crippen molar-refractivity contribution in [3.63, 3.8) is 0 Å². The number of nitrogens with zero attached hydrogens (tertiary/aromatic N) is 2. The number of carbonyl (C=O) groups is 2. The molecule has 0 spiro atoms. The molecule has 0 fully saturated rings. The van der Waals surface area contributed by atoms with Gasteiger partial charge in [-0.2, -0.15) is 9.40 Å². The molecule has 1 rings (SSSR count). The van der Waals surface area contributed by atoms with Crippen LogP contribution in [0.2, 0.25) is 0 Å². The van der Waals surface area contributed by atoms with Gasteiger partial charge in [0.25, 0.3) is 10.0 Å². The van der Waals surface area contributed by atoms with E-state index in [1.807, 2.05) is 0 Å². The van der Waals surface area contributed by atoms with Crippen molar-refractivity contribution >= 4 is 22.0 Å². The maximum atomic E-state index is 12.3. The normalized spacial score (nSPS) is 11.6. The highest BCUT2D eigenvalue weighted by Gasteiger charge is 2.33. The van der Waals surface area contributed by atoms with Gasteiger partial charge in [-0.1, -0.05) is 6.92 Å². The third-order valence-corrected chi connectivity index (χ3v) is 4.45. The first-order chi connectivity index (χ1) is 9.25. The van der Waals surface area contributed by atoms with Crippen LogP contribution in [0.1, 0.15) is 23.0 Å². The number of carboxylic acids is 1. The second-order valence-electron chi connectivity index (χ2n) is 3.84. The Hall–Kier alpha value is -1.94. The lowest BCUT2D eigenvalue weighted by Crippen LogP contribution is -2.36. The highest BCUT2D eigenvalue weighted by Crippen LogP contribution is 2.20. The summed E-state index contributed by atoms with van der Waals surface area (Å²) in [5.74, 6) is -2.16. The van der Waals surface area contributed by atoms with Crippen molar-refractivity contribution in [3.05, 3.63) is 11.3 Å². The van der Waals surface area contributed by atoms with Crippen LogP contribution in [0.5, 0.6) is 0 Å². The Morgan fingerprint density at radius 3 is 2.50 bits per heavy atom.